The van der Waals surface area contributed by atoms with E-state index in [4.69, 9.17) is 0 Å². The fraction of sp³-hybridized carbons (Fsp3) is 0.391. The lowest BCUT2D eigenvalue weighted by atomic mass is 10.1. The third kappa shape index (κ3) is 9.11. The quantitative estimate of drug-likeness (QED) is 0.260. The molecule has 0 aliphatic rings. The van der Waals surface area contributed by atoms with Crippen molar-refractivity contribution < 1.29 is 9.18 Å². The molecule has 2 aromatic carbocycles. The average Bonchev–Trinajstić information content (AvgIpc) is 2.73. The summed E-state index contributed by atoms with van der Waals surface area (Å²) in [4.78, 5) is 16.9. The van der Waals surface area contributed by atoms with Crippen molar-refractivity contribution in [2.75, 3.05) is 13.1 Å². The molecule has 0 aromatic heterocycles. The molecule has 2 rings (SSSR count). The van der Waals surface area contributed by atoms with Gasteiger partial charge in [-0.3, -0.25) is 4.79 Å². The zero-order valence-electron chi connectivity index (χ0n) is 17.9. The summed E-state index contributed by atoms with van der Waals surface area (Å²) in [5.74, 6) is 0.426. The van der Waals surface area contributed by atoms with Gasteiger partial charge < -0.3 is 16.0 Å². The zero-order valence-corrected chi connectivity index (χ0v) is 20.2. The van der Waals surface area contributed by atoms with Crippen LogP contribution in [0.2, 0.25) is 0 Å². The van der Waals surface area contributed by atoms with E-state index in [0.29, 0.717) is 24.6 Å². The van der Waals surface area contributed by atoms with Gasteiger partial charge >= 0.3 is 0 Å². The lowest BCUT2D eigenvalue weighted by Gasteiger charge is -2.13. The molecule has 7 heteroatoms. The van der Waals surface area contributed by atoms with Crippen molar-refractivity contribution in [3.8, 4) is 0 Å². The van der Waals surface area contributed by atoms with Crippen LogP contribution in [0.25, 0.3) is 0 Å². The summed E-state index contributed by atoms with van der Waals surface area (Å²) in [7, 11) is 0. The van der Waals surface area contributed by atoms with Crippen LogP contribution in [0, 0.1) is 5.82 Å². The summed E-state index contributed by atoms with van der Waals surface area (Å²) < 4.78 is 13.0. The van der Waals surface area contributed by atoms with Gasteiger partial charge in [0.25, 0.3) is 5.91 Å². The molecule has 0 spiro atoms. The van der Waals surface area contributed by atoms with Crippen LogP contribution in [0.15, 0.2) is 53.5 Å². The van der Waals surface area contributed by atoms with Gasteiger partial charge in [0.05, 0.1) is 6.54 Å². The Morgan fingerprint density at radius 1 is 1.07 bits per heavy atom. The van der Waals surface area contributed by atoms with Gasteiger partial charge in [-0.05, 0) is 62.1 Å². The van der Waals surface area contributed by atoms with Crippen molar-refractivity contribution in [1.29, 1.82) is 0 Å². The van der Waals surface area contributed by atoms with E-state index in [2.05, 4.69) is 20.9 Å². The van der Waals surface area contributed by atoms with Crippen LogP contribution in [0.3, 0.4) is 0 Å². The SMILES string of the molecule is CCNC(=NCc1cccc(C(=O)NC(C)CC)c1)NCCc1ccc(F)cc1.I. The summed E-state index contributed by atoms with van der Waals surface area (Å²) in [5.41, 5.74) is 2.68. The Hall–Kier alpha value is -2.16. The molecule has 0 aliphatic heterocycles. The molecule has 164 valence electrons. The van der Waals surface area contributed by atoms with E-state index in [1.165, 1.54) is 12.1 Å². The highest BCUT2D eigenvalue weighted by Gasteiger charge is 2.09. The largest absolute Gasteiger partial charge is 0.357 e. The van der Waals surface area contributed by atoms with Crippen LogP contribution in [0.5, 0.6) is 0 Å². The van der Waals surface area contributed by atoms with E-state index in [0.717, 1.165) is 30.5 Å². The predicted octanol–water partition coefficient (Wildman–Crippen LogP) is 4.27. The van der Waals surface area contributed by atoms with E-state index >= 15 is 0 Å². The minimum Gasteiger partial charge on any atom is -0.357 e. The number of hydrogen-bond donors (Lipinski definition) is 3. The molecule has 30 heavy (non-hydrogen) atoms. The van der Waals surface area contributed by atoms with E-state index in [-0.39, 0.29) is 41.7 Å². The second kappa shape index (κ2) is 14.0. The van der Waals surface area contributed by atoms with Gasteiger partial charge in [-0.25, -0.2) is 9.38 Å². The summed E-state index contributed by atoms with van der Waals surface area (Å²) in [6.45, 7) is 7.95. The standard InChI is InChI=1S/C23H31FN4O.HI/c1-4-17(3)28-22(29)20-8-6-7-19(15-20)16-27-23(25-5-2)26-14-13-18-9-11-21(24)12-10-18;/h6-12,15,17H,4-5,13-14,16H2,1-3H3,(H,28,29)(H2,25,26,27);1H. The normalized spacial score (nSPS) is 11.9. The van der Waals surface area contributed by atoms with Crippen LogP contribution in [-0.4, -0.2) is 31.0 Å². The Morgan fingerprint density at radius 3 is 2.47 bits per heavy atom. The number of amides is 1. The lowest BCUT2D eigenvalue weighted by molar-refractivity contribution is 0.0939. The van der Waals surface area contributed by atoms with Gasteiger partial charge in [-0.15, -0.1) is 24.0 Å². The zero-order chi connectivity index (χ0) is 21.1. The molecule has 0 heterocycles. The molecule has 0 saturated carbocycles. The first-order valence-electron chi connectivity index (χ1n) is 10.2. The van der Waals surface area contributed by atoms with Gasteiger partial charge in [0.2, 0.25) is 0 Å². The highest BCUT2D eigenvalue weighted by atomic mass is 127. The maximum Gasteiger partial charge on any atom is 0.251 e. The molecular formula is C23H32FIN4O. The maximum absolute atomic E-state index is 13.0. The van der Waals surface area contributed by atoms with Crippen molar-refractivity contribution in [2.24, 2.45) is 4.99 Å². The highest BCUT2D eigenvalue weighted by Crippen LogP contribution is 2.08. The first-order valence-corrected chi connectivity index (χ1v) is 10.2. The molecule has 1 atom stereocenters. The summed E-state index contributed by atoms with van der Waals surface area (Å²) in [6, 6.07) is 14.2. The predicted molar refractivity (Wildman–Crippen MR) is 132 cm³/mol. The van der Waals surface area contributed by atoms with Gasteiger partial charge in [0.1, 0.15) is 5.82 Å². The van der Waals surface area contributed by atoms with Gasteiger partial charge in [-0.2, -0.15) is 0 Å². The number of nitrogens with zero attached hydrogens (tertiary/aromatic N) is 1. The molecule has 0 bridgehead atoms. The second-order valence-electron chi connectivity index (χ2n) is 6.98. The molecule has 1 unspecified atom stereocenters. The van der Waals surface area contributed by atoms with Crippen molar-refractivity contribution in [3.05, 3.63) is 71.0 Å². The van der Waals surface area contributed by atoms with Crippen molar-refractivity contribution in [3.63, 3.8) is 0 Å². The number of hydrogen-bond acceptors (Lipinski definition) is 2. The molecule has 0 radical (unpaired) electrons. The number of carbonyl (C=O) groups is 1. The highest BCUT2D eigenvalue weighted by molar-refractivity contribution is 14.0. The second-order valence-corrected chi connectivity index (χ2v) is 6.98. The number of carbonyl (C=O) groups excluding carboxylic acids is 1. The number of benzene rings is 2. The first-order chi connectivity index (χ1) is 14.0. The van der Waals surface area contributed by atoms with E-state index in [1.807, 2.05) is 45.0 Å². The van der Waals surface area contributed by atoms with Crippen molar-refractivity contribution >= 4 is 35.8 Å². The smallest absolute Gasteiger partial charge is 0.251 e. The molecule has 5 nitrogen and oxygen atoms in total. The summed E-state index contributed by atoms with van der Waals surface area (Å²) in [6.07, 6.45) is 1.67. The Labute approximate surface area is 196 Å². The summed E-state index contributed by atoms with van der Waals surface area (Å²) in [5, 5.41) is 9.49. The Balaban J connectivity index is 0.00000450. The summed E-state index contributed by atoms with van der Waals surface area (Å²) >= 11 is 0. The number of nitrogens with one attached hydrogen (secondary N) is 3. The first kappa shape index (κ1) is 25.9. The molecule has 0 aliphatic carbocycles. The fourth-order valence-corrected chi connectivity index (χ4v) is 2.71. The number of halogens is 2. The number of aliphatic imine (C=N–C) groups is 1. The molecule has 0 fully saturated rings. The third-order valence-electron chi connectivity index (χ3n) is 4.56. The Morgan fingerprint density at radius 2 is 1.80 bits per heavy atom. The molecule has 2 aromatic rings. The monoisotopic (exact) mass is 526 g/mol. The minimum absolute atomic E-state index is 0. The minimum atomic E-state index is -0.225. The molecule has 3 N–H and O–H groups in total. The Kier molecular flexibility index (Phi) is 12.0. The molecule has 0 saturated heterocycles. The van der Waals surface area contributed by atoms with Gasteiger partial charge in [0.15, 0.2) is 5.96 Å². The van der Waals surface area contributed by atoms with Crippen LogP contribution in [-0.2, 0) is 13.0 Å². The van der Waals surface area contributed by atoms with Gasteiger partial charge in [-0.1, -0.05) is 31.2 Å². The average molecular weight is 526 g/mol. The van der Waals surface area contributed by atoms with Crippen molar-refractivity contribution in [1.82, 2.24) is 16.0 Å². The van der Waals surface area contributed by atoms with Crippen LogP contribution in [0.4, 0.5) is 4.39 Å². The fourth-order valence-electron chi connectivity index (χ4n) is 2.71. The van der Waals surface area contributed by atoms with E-state index in [9.17, 15) is 9.18 Å². The van der Waals surface area contributed by atoms with Gasteiger partial charge in [0, 0.05) is 24.7 Å². The molecule has 1 amide bonds. The Bertz CT molecular complexity index is 811. The van der Waals surface area contributed by atoms with E-state index in [1.54, 1.807) is 12.1 Å². The topological polar surface area (TPSA) is 65.5 Å². The van der Waals surface area contributed by atoms with E-state index < -0.39 is 0 Å². The van der Waals surface area contributed by atoms with Crippen LogP contribution in [0.1, 0.15) is 48.7 Å². The number of rotatable bonds is 9. The van der Waals surface area contributed by atoms with Crippen LogP contribution < -0.4 is 16.0 Å². The molecular weight excluding hydrogens is 494 g/mol. The number of guanidine groups is 1. The van der Waals surface area contributed by atoms with Crippen LogP contribution >= 0.6 is 24.0 Å². The van der Waals surface area contributed by atoms with Crippen molar-refractivity contribution in [2.45, 2.75) is 46.2 Å². The lowest BCUT2D eigenvalue weighted by Crippen LogP contribution is -2.38. The third-order valence-corrected chi connectivity index (χ3v) is 4.56. The maximum atomic E-state index is 13.0.